The number of hydrogen-bond donors (Lipinski definition) is 3. The van der Waals surface area contributed by atoms with E-state index in [-0.39, 0.29) is 16.9 Å². The summed E-state index contributed by atoms with van der Waals surface area (Å²) in [6.45, 7) is 2.96. The molecule has 200 valence electrons. The van der Waals surface area contributed by atoms with Crippen LogP contribution in [0.15, 0.2) is 47.4 Å². The molecule has 2 aromatic rings. The average Bonchev–Trinajstić information content (AvgIpc) is 2.85. The molecule has 0 saturated heterocycles. The lowest BCUT2D eigenvalue weighted by molar-refractivity contribution is -0.143. The first kappa shape index (κ1) is 30.0. The molecule has 1 atom stereocenters. The summed E-state index contributed by atoms with van der Waals surface area (Å²) < 4.78 is 64.3. The molecule has 3 N–H and O–H groups in total. The number of sulfonamides is 1. The van der Waals surface area contributed by atoms with E-state index in [0.717, 1.165) is 37.8 Å². The second kappa shape index (κ2) is 13.4. The number of carbonyl (C=O) groups excluding carboxylic acids is 1. The Balaban J connectivity index is 0.000000830. The number of nitrogens with zero attached hydrogens (tertiary/aromatic N) is 1. The second-order valence-electron chi connectivity index (χ2n) is 8.02. The van der Waals surface area contributed by atoms with Crippen molar-refractivity contribution < 1.29 is 35.5 Å². The summed E-state index contributed by atoms with van der Waals surface area (Å²) in [5.41, 5.74) is 2.27. The summed E-state index contributed by atoms with van der Waals surface area (Å²) >= 11 is 6.14. The van der Waals surface area contributed by atoms with Gasteiger partial charge in [-0.2, -0.15) is 8.42 Å². The van der Waals surface area contributed by atoms with Crippen LogP contribution in [0, 0.1) is 0 Å². The fourth-order valence-electron chi connectivity index (χ4n) is 3.88. The quantitative estimate of drug-likeness (QED) is 0.234. The van der Waals surface area contributed by atoms with Crippen LogP contribution < -0.4 is 9.62 Å². The Morgan fingerprint density at radius 3 is 2.39 bits per heavy atom. The van der Waals surface area contributed by atoms with E-state index in [1.165, 1.54) is 10.4 Å². The number of ether oxygens (including phenoxy) is 1. The highest BCUT2D eigenvalue weighted by Crippen LogP contribution is 2.40. The number of esters is 1. The molecular weight excluding hydrogens is 532 g/mol. The molecule has 1 aliphatic heterocycles. The van der Waals surface area contributed by atoms with E-state index in [1.54, 1.807) is 19.2 Å². The molecule has 1 heterocycles. The van der Waals surface area contributed by atoms with Crippen LogP contribution in [-0.4, -0.2) is 52.1 Å². The topological polar surface area (TPSA) is 150 Å². The maximum Gasteiger partial charge on any atom is 0.394 e. The number of carbonyl (C=O) groups is 1. The third kappa shape index (κ3) is 8.71. The minimum absolute atomic E-state index is 0.142. The zero-order valence-corrected chi connectivity index (χ0v) is 22.4. The second-order valence-corrected chi connectivity index (χ2v) is 11.3. The number of fused-ring (bicyclic) bond motifs is 2. The summed E-state index contributed by atoms with van der Waals surface area (Å²) in [5.74, 6) is -0.142. The normalized spacial score (nSPS) is 16.1. The molecule has 0 saturated carbocycles. The SMILES string of the molecule is CCOC(=O)CCCCCCNC1c2ccccc2N(C)S(=O)(=O)c2cc(Cl)ccc21.O=S(=O)(O)O. The summed E-state index contributed by atoms with van der Waals surface area (Å²) in [6, 6.07) is 12.3. The van der Waals surface area contributed by atoms with E-state index in [2.05, 4.69) is 5.32 Å². The van der Waals surface area contributed by atoms with E-state index in [0.29, 0.717) is 29.3 Å². The number of halogens is 1. The zero-order valence-electron chi connectivity index (χ0n) is 20.1. The molecule has 0 aliphatic carbocycles. The Bertz CT molecular complexity index is 1240. The van der Waals surface area contributed by atoms with Gasteiger partial charge in [0.25, 0.3) is 10.0 Å². The number of rotatable bonds is 9. The van der Waals surface area contributed by atoms with E-state index >= 15 is 0 Å². The third-order valence-electron chi connectivity index (χ3n) is 5.47. The van der Waals surface area contributed by atoms with Crippen molar-refractivity contribution in [1.82, 2.24) is 5.32 Å². The minimum atomic E-state index is -4.67. The van der Waals surface area contributed by atoms with Gasteiger partial charge in [-0.05, 0) is 55.6 Å². The van der Waals surface area contributed by atoms with Crippen LogP contribution in [0.5, 0.6) is 0 Å². The van der Waals surface area contributed by atoms with Crippen molar-refractivity contribution in [1.29, 1.82) is 0 Å². The van der Waals surface area contributed by atoms with Gasteiger partial charge in [-0.1, -0.05) is 48.7 Å². The Kier molecular flexibility index (Phi) is 11.1. The minimum Gasteiger partial charge on any atom is -0.466 e. The van der Waals surface area contributed by atoms with Crippen molar-refractivity contribution in [2.24, 2.45) is 0 Å². The van der Waals surface area contributed by atoms with Crippen molar-refractivity contribution in [3.8, 4) is 0 Å². The monoisotopic (exact) mass is 562 g/mol. The molecular formula is C23H31ClN2O8S2. The Labute approximate surface area is 217 Å². The standard InChI is InChI=1S/C23H29ClN2O4S.H2O4S/c1-3-30-22(27)12-6-4-5-9-15-25-23-18-10-7-8-11-20(18)26(2)31(28,29)21-16-17(24)13-14-19(21)23;1-5(2,3)4/h7-8,10-11,13-14,16,23,25H,3-6,9,12,15H2,1-2H3;(H2,1,2,3,4). The highest BCUT2D eigenvalue weighted by atomic mass is 35.5. The molecule has 10 nitrogen and oxygen atoms in total. The lowest BCUT2D eigenvalue weighted by Gasteiger charge is -2.22. The fraction of sp³-hybridized carbons (Fsp3) is 0.435. The molecule has 0 aromatic heterocycles. The smallest absolute Gasteiger partial charge is 0.394 e. The van der Waals surface area contributed by atoms with Gasteiger partial charge < -0.3 is 10.1 Å². The number of benzene rings is 2. The summed E-state index contributed by atoms with van der Waals surface area (Å²) in [6.07, 6.45) is 4.12. The number of para-hydroxylation sites is 1. The van der Waals surface area contributed by atoms with Crippen LogP contribution in [0.3, 0.4) is 0 Å². The first-order valence-corrected chi connectivity index (χ1v) is 14.5. The molecule has 3 rings (SSSR count). The van der Waals surface area contributed by atoms with Gasteiger partial charge in [0, 0.05) is 18.5 Å². The molecule has 1 aliphatic rings. The highest BCUT2D eigenvalue weighted by molar-refractivity contribution is 7.92. The van der Waals surface area contributed by atoms with Crippen molar-refractivity contribution in [2.75, 3.05) is 24.5 Å². The van der Waals surface area contributed by atoms with Gasteiger partial charge in [-0.15, -0.1) is 0 Å². The van der Waals surface area contributed by atoms with E-state index in [1.807, 2.05) is 31.2 Å². The third-order valence-corrected chi connectivity index (χ3v) is 7.54. The first-order valence-electron chi connectivity index (χ1n) is 11.3. The van der Waals surface area contributed by atoms with Crippen LogP contribution in [0.4, 0.5) is 5.69 Å². The first-order chi connectivity index (χ1) is 16.9. The van der Waals surface area contributed by atoms with Crippen LogP contribution in [0.1, 0.15) is 56.2 Å². The van der Waals surface area contributed by atoms with Gasteiger partial charge in [0.2, 0.25) is 0 Å². The lowest BCUT2D eigenvalue weighted by atomic mass is 9.96. The maximum atomic E-state index is 13.2. The number of nitrogens with one attached hydrogen (secondary N) is 1. The average molecular weight is 563 g/mol. The van der Waals surface area contributed by atoms with Crippen molar-refractivity contribution in [3.05, 3.63) is 58.6 Å². The summed E-state index contributed by atoms with van der Waals surface area (Å²) in [5, 5.41) is 3.94. The van der Waals surface area contributed by atoms with Crippen LogP contribution >= 0.6 is 11.6 Å². The van der Waals surface area contributed by atoms with Crippen LogP contribution in [0.25, 0.3) is 0 Å². The van der Waals surface area contributed by atoms with E-state index in [9.17, 15) is 13.2 Å². The molecule has 1 unspecified atom stereocenters. The molecule has 0 amide bonds. The zero-order chi connectivity index (χ0) is 26.9. The van der Waals surface area contributed by atoms with Gasteiger partial charge in [0.15, 0.2) is 0 Å². The lowest BCUT2D eigenvalue weighted by Crippen LogP contribution is -2.26. The maximum absolute atomic E-state index is 13.2. The van der Waals surface area contributed by atoms with Crippen molar-refractivity contribution in [3.63, 3.8) is 0 Å². The Morgan fingerprint density at radius 1 is 1.08 bits per heavy atom. The van der Waals surface area contributed by atoms with Gasteiger partial charge in [-0.3, -0.25) is 18.2 Å². The predicted octanol–water partition coefficient (Wildman–Crippen LogP) is 4.02. The largest absolute Gasteiger partial charge is 0.466 e. The molecule has 13 heteroatoms. The van der Waals surface area contributed by atoms with Gasteiger partial charge in [-0.25, -0.2) is 8.42 Å². The van der Waals surface area contributed by atoms with Gasteiger partial charge in [0.1, 0.15) is 0 Å². The van der Waals surface area contributed by atoms with Crippen LogP contribution in [0.2, 0.25) is 5.02 Å². The molecule has 0 fully saturated rings. The van der Waals surface area contributed by atoms with Crippen LogP contribution in [-0.2, 0) is 30.0 Å². The molecule has 0 bridgehead atoms. The fourth-order valence-corrected chi connectivity index (χ4v) is 5.60. The summed E-state index contributed by atoms with van der Waals surface area (Å²) in [4.78, 5) is 11.6. The van der Waals surface area contributed by atoms with Gasteiger partial charge >= 0.3 is 16.4 Å². The number of hydrogen-bond acceptors (Lipinski definition) is 7. The molecule has 0 spiro atoms. The highest BCUT2D eigenvalue weighted by Gasteiger charge is 2.34. The van der Waals surface area contributed by atoms with Crippen molar-refractivity contribution in [2.45, 2.75) is 50.0 Å². The summed E-state index contributed by atoms with van der Waals surface area (Å²) in [7, 11) is -6.81. The van der Waals surface area contributed by atoms with E-state index in [4.69, 9.17) is 33.9 Å². The predicted molar refractivity (Wildman–Crippen MR) is 137 cm³/mol. The molecule has 2 aromatic carbocycles. The number of anilines is 1. The molecule has 36 heavy (non-hydrogen) atoms. The van der Waals surface area contributed by atoms with Crippen molar-refractivity contribution >= 4 is 43.7 Å². The Morgan fingerprint density at radius 2 is 1.72 bits per heavy atom. The number of unbranched alkanes of at least 4 members (excludes halogenated alkanes) is 3. The van der Waals surface area contributed by atoms with Gasteiger partial charge in [0.05, 0.1) is 23.2 Å². The Hall–Kier alpha value is -2.22. The van der Waals surface area contributed by atoms with E-state index < -0.39 is 20.4 Å². The molecule has 0 radical (unpaired) electrons.